The molecule has 1 aliphatic rings. The number of β-amino-alcohol motifs (C(OH)–C–C–N with tert-alkyl or cyclic N) is 1. The van der Waals surface area contributed by atoms with Gasteiger partial charge in [-0.05, 0) is 24.1 Å². The van der Waals surface area contributed by atoms with Gasteiger partial charge in [-0.2, -0.15) is 0 Å². The summed E-state index contributed by atoms with van der Waals surface area (Å²) < 4.78 is 5.03. The highest BCUT2D eigenvalue weighted by molar-refractivity contribution is 6.29. The van der Waals surface area contributed by atoms with E-state index in [1.54, 1.807) is 17.2 Å². The summed E-state index contributed by atoms with van der Waals surface area (Å²) in [6, 6.07) is 11.6. The molecule has 2 aromatic heterocycles. The highest BCUT2D eigenvalue weighted by atomic mass is 35.5. The summed E-state index contributed by atoms with van der Waals surface area (Å²) in [5.74, 6) is 0.607. The Bertz CT molecular complexity index is 953. The normalized spacial score (nSPS) is 19.7. The fraction of sp³-hybridized carbons (Fsp3) is 0.350. The third kappa shape index (κ3) is 3.96. The average molecular weight is 386 g/mol. The Balaban J connectivity index is 1.39. The van der Waals surface area contributed by atoms with Crippen LogP contribution in [0.4, 0.5) is 0 Å². The zero-order chi connectivity index (χ0) is 18.8. The van der Waals surface area contributed by atoms with Crippen molar-refractivity contribution >= 4 is 28.4 Å². The van der Waals surface area contributed by atoms with Crippen LogP contribution in [-0.4, -0.2) is 45.2 Å². The van der Waals surface area contributed by atoms with Crippen LogP contribution in [0.25, 0.3) is 10.9 Å². The molecule has 3 heterocycles. The van der Waals surface area contributed by atoms with Crippen LogP contribution < -0.4 is 0 Å². The number of rotatable bonds is 5. The van der Waals surface area contributed by atoms with Crippen molar-refractivity contribution in [1.29, 1.82) is 0 Å². The van der Waals surface area contributed by atoms with Gasteiger partial charge in [0.1, 0.15) is 5.76 Å². The zero-order valence-corrected chi connectivity index (χ0v) is 15.5. The maximum absolute atomic E-state index is 12.5. The number of amides is 1. The van der Waals surface area contributed by atoms with Gasteiger partial charge in [0.05, 0.1) is 11.6 Å². The quantitative estimate of drug-likeness (QED) is 0.730. The molecule has 1 fully saturated rings. The molecule has 2 atom stereocenters. The molecule has 0 saturated carbocycles. The van der Waals surface area contributed by atoms with E-state index in [-0.39, 0.29) is 11.8 Å². The topological polar surface area (TPSA) is 79.5 Å². The Labute approximate surface area is 161 Å². The number of aryl methyl sites for hydroxylation is 1. The predicted octanol–water partition coefficient (Wildman–Crippen LogP) is 2.87. The highest BCUT2D eigenvalue weighted by Crippen LogP contribution is 2.26. The number of carbonyl (C=O) groups excluding carboxylic acids is 1. The number of aliphatic hydroxyl groups excluding tert-OH is 1. The third-order valence-corrected chi connectivity index (χ3v) is 5.27. The molecule has 1 aliphatic heterocycles. The standard InChI is InChI=1S/C20H20ClN3O3/c21-19-10-15(27-23-19)5-6-20(26)24-11-14(18(25)12-24)9-13-7-8-22-17-4-2-1-3-16(13)17/h1-4,7-8,10,14,18,25H,5-6,9,11-12H2/t14-,18+/m1/s1. The predicted molar refractivity (Wildman–Crippen MR) is 101 cm³/mol. The summed E-state index contributed by atoms with van der Waals surface area (Å²) in [6.45, 7) is 0.914. The Morgan fingerprint density at radius 3 is 2.96 bits per heavy atom. The molecule has 0 spiro atoms. The first-order valence-electron chi connectivity index (χ1n) is 8.99. The van der Waals surface area contributed by atoms with E-state index in [4.69, 9.17) is 16.1 Å². The summed E-state index contributed by atoms with van der Waals surface area (Å²) in [5.41, 5.74) is 2.09. The first-order chi connectivity index (χ1) is 13.1. The number of hydrogen-bond donors (Lipinski definition) is 1. The average Bonchev–Trinajstić information content (AvgIpc) is 3.26. The molecular weight excluding hydrogens is 366 g/mol. The first kappa shape index (κ1) is 17.9. The summed E-state index contributed by atoms with van der Waals surface area (Å²) >= 11 is 5.72. The Morgan fingerprint density at radius 2 is 2.15 bits per heavy atom. The van der Waals surface area contributed by atoms with Crippen LogP contribution in [0.1, 0.15) is 17.7 Å². The Hall–Kier alpha value is -2.44. The zero-order valence-electron chi connectivity index (χ0n) is 14.7. The lowest BCUT2D eigenvalue weighted by atomic mass is 9.94. The van der Waals surface area contributed by atoms with Gasteiger partial charge in [-0.15, -0.1) is 0 Å². The van der Waals surface area contributed by atoms with E-state index in [1.165, 1.54) is 0 Å². The van der Waals surface area contributed by atoms with Crippen molar-refractivity contribution in [2.75, 3.05) is 13.1 Å². The summed E-state index contributed by atoms with van der Waals surface area (Å²) in [6.07, 6.45) is 2.74. The van der Waals surface area contributed by atoms with Gasteiger partial charge in [0, 0.05) is 49.5 Å². The van der Waals surface area contributed by atoms with Gasteiger partial charge in [-0.25, -0.2) is 0 Å². The number of pyridine rings is 1. The van der Waals surface area contributed by atoms with E-state index in [9.17, 15) is 9.90 Å². The second-order valence-electron chi connectivity index (χ2n) is 6.93. The van der Waals surface area contributed by atoms with Crippen molar-refractivity contribution in [2.24, 2.45) is 5.92 Å². The fourth-order valence-electron chi connectivity index (χ4n) is 3.67. The number of carbonyl (C=O) groups is 1. The van der Waals surface area contributed by atoms with Crippen molar-refractivity contribution in [3.8, 4) is 0 Å². The lowest BCUT2D eigenvalue weighted by molar-refractivity contribution is -0.130. The van der Waals surface area contributed by atoms with Crippen molar-refractivity contribution in [1.82, 2.24) is 15.0 Å². The molecular formula is C20H20ClN3O3. The molecule has 3 aromatic rings. The summed E-state index contributed by atoms with van der Waals surface area (Å²) in [5, 5.41) is 15.5. The molecule has 1 amide bonds. The number of likely N-dealkylation sites (tertiary alicyclic amines) is 1. The number of para-hydroxylation sites is 1. The molecule has 0 unspecified atom stereocenters. The molecule has 4 rings (SSSR count). The van der Waals surface area contributed by atoms with Crippen LogP contribution in [0.3, 0.4) is 0 Å². The van der Waals surface area contributed by atoms with Crippen molar-refractivity contribution in [3.63, 3.8) is 0 Å². The van der Waals surface area contributed by atoms with Crippen molar-refractivity contribution in [3.05, 3.63) is 59.1 Å². The lowest BCUT2D eigenvalue weighted by Gasteiger charge is -2.16. The van der Waals surface area contributed by atoms with Gasteiger partial charge in [0.25, 0.3) is 0 Å². The Kier molecular flexibility index (Phi) is 5.09. The molecule has 0 bridgehead atoms. The number of hydrogen-bond acceptors (Lipinski definition) is 5. The largest absolute Gasteiger partial charge is 0.391 e. The third-order valence-electron chi connectivity index (χ3n) is 5.10. The maximum Gasteiger partial charge on any atom is 0.223 e. The number of nitrogens with zero attached hydrogens (tertiary/aromatic N) is 3. The molecule has 0 aliphatic carbocycles. The van der Waals surface area contributed by atoms with E-state index in [1.807, 2.05) is 30.3 Å². The van der Waals surface area contributed by atoms with Crippen molar-refractivity contribution < 1.29 is 14.4 Å². The van der Waals surface area contributed by atoms with Crippen molar-refractivity contribution in [2.45, 2.75) is 25.4 Å². The first-order valence-corrected chi connectivity index (χ1v) is 9.37. The fourth-order valence-corrected chi connectivity index (χ4v) is 3.82. The minimum absolute atomic E-state index is 0.00339. The number of benzene rings is 1. The number of aromatic nitrogens is 2. The molecule has 1 saturated heterocycles. The minimum atomic E-state index is -0.527. The summed E-state index contributed by atoms with van der Waals surface area (Å²) in [4.78, 5) is 18.6. The second kappa shape index (κ2) is 7.66. The van der Waals surface area contributed by atoms with Crippen LogP contribution in [0.5, 0.6) is 0 Å². The van der Waals surface area contributed by atoms with Crippen LogP contribution in [0.2, 0.25) is 5.15 Å². The molecule has 1 N–H and O–H groups in total. The maximum atomic E-state index is 12.5. The van der Waals surface area contributed by atoms with Crippen LogP contribution in [0, 0.1) is 5.92 Å². The van der Waals surface area contributed by atoms with Gasteiger partial charge in [-0.1, -0.05) is 35.0 Å². The number of halogens is 1. The number of aliphatic hydroxyl groups is 1. The van der Waals surface area contributed by atoms with Gasteiger partial charge in [0.15, 0.2) is 5.15 Å². The van der Waals surface area contributed by atoms with Crippen LogP contribution in [-0.2, 0) is 17.6 Å². The Morgan fingerprint density at radius 1 is 1.30 bits per heavy atom. The van der Waals surface area contributed by atoms with E-state index in [0.717, 1.165) is 16.5 Å². The molecule has 6 nitrogen and oxygen atoms in total. The highest BCUT2D eigenvalue weighted by Gasteiger charge is 2.34. The van der Waals surface area contributed by atoms with Gasteiger partial charge >= 0.3 is 0 Å². The number of fused-ring (bicyclic) bond motifs is 1. The SMILES string of the molecule is O=C(CCc1cc(Cl)no1)N1C[C@@H](Cc2ccnc3ccccc23)[C@@H](O)C1. The van der Waals surface area contributed by atoms with Crippen LogP contribution >= 0.6 is 11.6 Å². The van der Waals surface area contributed by atoms with Gasteiger partial charge in [0.2, 0.25) is 5.91 Å². The minimum Gasteiger partial charge on any atom is -0.391 e. The smallest absolute Gasteiger partial charge is 0.223 e. The van der Waals surface area contributed by atoms with Gasteiger partial charge < -0.3 is 14.5 Å². The van der Waals surface area contributed by atoms with Gasteiger partial charge in [-0.3, -0.25) is 9.78 Å². The van der Waals surface area contributed by atoms with E-state index < -0.39 is 6.10 Å². The molecule has 140 valence electrons. The second-order valence-corrected chi connectivity index (χ2v) is 7.32. The monoisotopic (exact) mass is 385 g/mol. The van der Waals surface area contributed by atoms with Crippen LogP contribution in [0.15, 0.2) is 47.1 Å². The van der Waals surface area contributed by atoms with E-state index in [2.05, 4.69) is 10.1 Å². The summed E-state index contributed by atoms with van der Waals surface area (Å²) in [7, 11) is 0. The lowest BCUT2D eigenvalue weighted by Crippen LogP contribution is -2.29. The van der Waals surface area contributed by atoms with E-state index >= 15 is 0 Å². The molecule has 27 heavy (non-hydrogen) atoms. The molecule has 0 radical (unpaired) electrons. The molecule has 1 aromatic carbocycles. The molecule has 7 heteroatoms. The van der Waals surface area contributed by atoms with E-state index in [0.29, 0.717) is 43.3 Å².